The van der Waals surface area contributed by atoms with E-state index in [9.17, 15) is 0 Å². The van der Waals surface area contributed by atoms with Gasteiger partial charge in [0.05, 0.1) is 0 Å². The van der Waals surface area contributed by atoms with Crippen molar-refractivity contribution < 1.29 is 0 Å². The molecule has 2 N–H and O–H groups in total. The Morgan fingerprint density at radius 2 is 2.40 bits per heavy atom. The molecular formula is C9H10N4S2. The predicted molar refractivity (Wildman–Crippen MR) is 60.9 cm³/mol. The largest absolute Gasteiger partial charge is 0.324 e. The molecular weight excluding hydrogens is 228 g/mol. The molecule has 0 bridgehead atoms. The molecule has 2 aromatic rings. The van der Waals surface area contributed by atoms with Crippen LogP contribution in [0.15, 0.2) is 33.2 Å². The Labute approximate surface area is 95.9 Å². The van der Waals surface area contributed by atoms with E-state index >= 15 is 0 Å². The summed E-state index contributed by atoms with van der Waals surface area (Å²) < 4.78 is 0.885. The molecule has 78 valence electrons. The maximum atomic E-state index is 5.86. The van der Waals surface area contributed by atoms with Gasteiger partial charge < -0.3 is 5.73 Å². The minimum Gasteiger partial charge on any atom is -0.324 e. The van der Waals surface area contributed by atoms with Gasteiger partial charge in [-0.05, 0) is 24.8 Å². The molecule has 4 nitrogen and oxygen atoms in total. The fourth-order valence-electron chi connectivity index (χ4n) is 1.13. The molecule has 0 amide bonds. The highest BCUT2D eigenvalue weighted by atomic mass is 32.2. The van der Waals surface area contributed by atoms with E-state index in [4.69, 9.17) is 5.73 Å². The quantitative estimate of drug-likeness (QED) is 0.887. The Morgan fingerprint density at radius 1 is 1.53 bits per heavy atom. The van der Waals surface area contributed by atoms with Crippen molar-refractivity contribution in [3.05, 3.63) is 29.4 Å². The maximum Gasteiger partial charge on any atom is 0.180 e. The summed E-state index contributed by atoms with van der Waals surface area (Å²) in [4.78, 5) is 4.30. The summed E-state index contributed by atoms with van der Waals surface area (Å²) in [7, 11) is 0. The standard InChI is InChI=1S/C9H10N4S2/c1-6(10)7-3-2-4-11-8(7)15-9-13-12-5-14-9/h2-6H,10H2,1H3/t6-/m0/s1. The Morgan fingerprint density at radius 3 is 3.07 bits per heavy atom. The van der Waals surface area contributed by atoms with Gasteiger partial charge in [-0.2, -0.15) is 0 Å². The number of hydrogen-bond donors (Lipinski definition) is 1. The Kier molecular flexibility index (Phi) is 3.30. The van der Waals surface area contributed by atoms with Gasteiger partial charge in [-0.25, -0.2) is 4.98 Å². The third-order valence-corrected chi connectivity index (χ3v) is 3.63. The number of aromatic nitrogens is 3. The molecule has 2 heterocycles. The van der Waals surface area contributed by atoms with Crippen LogP contribution in [-0.4, -0.2) is 15.2 Å². The van der Waals surface area contributed by atoms with Crippen LogP contribution in [0.3, 0.4) is 0 Å². The molecule has 0 aliphatic rings. The lowest BCUT2D eigenvalue weighted by molar-refractivity contribution is 0.779. The van der Waals surface area contributed by atoms with Gasteiger partial charge in [-0.1, -0.05) is 17.4 Å². The lowest BCUT2D eigenvalue weighted by atomic mass is 10.2. The maximum absolute atomic E-state index is 5.86. The second-order valence-corrected chi connectivity index (χ2v) is 5.06. The summed E-state index contributed by atoms with van der Waals surface area (Å²) in [5.41, 5.74) is 8.60. The summed E-state index contributed by atoms with van der Waals surface area (Å²) in [5, 5.41) is 8.65. The first-order valence-electron chi connectivity index (χ1n) is 4.42. The lowest BCUT2D eigenvalue weighted by Crippen LogP contribution is -2.06. The molecule has 0 unspecified atom stereocenters. The number of rotatable bonds is 3. The molecule has 0 aliphatic heterocycles. The van der Waals surface area contributed by atoms with Crippen molar-refractivity contribution in [3.63, 3.8) is 0 Å². The number of hydrogen-bond acceptors (Lipinski definition) is 6. The van der Waals surface area contributed by atoms with Crippen LogP contribution in [0, 0.1) is 0 Å². The first kappa shape index (κ1) is 10.5. The Hall–Kier alpha value is -0.980. The summed E-state index contributed by atoms with van der Waals surface area (Å²) >= 11 is 3.00. The van der Waals surface area contributed by atoms with Crippen LogP contribution in [-0.2, 0) is 0 Å². The van der Waals surface area contributed by atoms with Crippen LogP contribution >= 0.6 is 23.1 Å². The van der Waals surface area contributed by atoms with E-state index < -0.39 is 0 Å². The van der Waals surface area contributed by atoms with Crippen LogP contribution < -0.4 is 5.73 Å². The molecule has 6 heteroatoms. The summed E-state index contributed by atoms with van der Waals surface area (Å²) in [6.07, 6.45) is 1.76. The van der Waals surface area contributed by atoms with Crippen molar-refractivity contribution in [3.8, 4) is 0 Å². The van der Waals surface area contributed by atoms with Crippen LogP contribution in [0.5, 0.6) is 0 Å². The van der Waals surface area contributed by atoms with Gasteiger partial charge in [0.1, 0.15) is 10.5 Å². The summed E-state index contributed by atoms with van der Waals surface area (Å²) in [5.74, 6) is 0. The highest BCUT2D eigenvalue weighted by Gasteiger charge is 2.10. The molecule has 0 aliphatic carbocycles. The fraction of sp³-hybridized carbons (Fsp3) is 0.222. The third kappa shape index (κ3) is 2.53. The summed E-state index contributed by atoms with van der Waals surface area (Å²) in [6, 6.07) is 3.86. The average molecular weight is 238 g/mol. The molecule has 2 aromatic heterocycles. The minimum atomic E-state index is -0.0193. The predicted octanol–water partition coefficient (Wildman–Crippen LogP) is 2.10. The van der Waals surface area contributed by atoms with Gasteiger partial charge in [0.25, 0.3) is 0 Å². The van der Waals surface area contributed by atoms with E-state index in [0.29, 0.717) is 0 Å². The second-order valence-electron chi connectivity index (χ2n) is 2.99. The van der Waals surface area contributed by atoms with E-state index in [1.165, 1.54) is 23.1 Å². The third-order valence-electron chi connectivity index (χ3n) is 1.82. The van der Waals surface area contributed by atoms with Crippen molar-refractivity contribution in [2.75, 3.05) is 0 Å². The van der Waals surface area contributed by atoms with Gasteiger partial charge in [0, 0.05) is 17.8 Å². The zero-order valence-electron chi connectivity index (χ0n) is 8.12. The average Bonchev–Trinajstić information content (AvgIpc) is 2.71. The SMILES string of the molecule is C[C@H](N)c1cccnc1Sc1nncs1. The van der Waals surface area contributed by atoms with E-state index in [1.54, 1.807) is 11.7 Å². The smallest absolute Gasteiger partial charge is 0.180 e. The first-order valence-corrected chi connectivity index (χ1v) is 6.11. The summed E-state index contributed by atoms with van der Waals surface area (Å²) in [6.45, 7) is 1.95. The fourth-order valence-corrected chi connectivity index (χ4v) is 2.70. The van der Waals surface area contributed by atoms with Crippen molar-refractivity contribution in [2.24, 2.45) is 5.73 Å². The van der Waals surface area contributed by atoms with Crippen molar-refractivity contribution in [1.82, 2.24) is 15.2 Å². The normalized spacial score (nSPS) is 12.7. The lowest BCUT2D eigenvalue weighted by Gasteiger charge is -2.08. The zero-order chi connectivity index (χ0) is 10.7. The topological polar surface area (TPSA) is 64.7 Å². The van der Waals surface area contributed by atoms with Crippen molar-refractivity contribution >= 4 is 23.1 Å². The van der Waals surface area contributed by atoms with E-state index in [1.807, 2.05) is 19.1 Å². The molecule has 2 rings (SSSR count). The second kappa shape index (κ2) is 4.69. The van der Waals surface area contributed by atoms with Crippen LogP contribution in [0.2, 0.25) is 0 Å². The zero-order valence-corrected chi connectivity index (χ0v) is 9.76. The van der Waals surface area contributed by atoms with Crippen LogP contribution in [0.25, 0.3) is 0 Å². The Bertz CT molecular complexity index is 427. The van der Waals surface area contributed by atoms with E-state index in [0.717, 1.165) is 14.9 Å². The molecule has 0 fully saturated rings. The number of nitrogens with two attached hydrogens (primary N) is 1. The number of nitrogens with zero attached hydrogens (tertiary/aromatic N) is 3. The first-order chi connectivity index (χ1) is 7.27. The molecule has 1 atom stereocenters. The van der Waals surface area contributed by atoms with Gasteiger partial charge >= 0.3 is 0 Å². The molecule has 0 radical (unpaired) electrons. The molecule has 0 saturated carbocycles. The molecule has 0 spiro atoms. The van der Waals surface area contributed by atoms with E-state index in [2.05, 4.69) is 15.2 Å². The van der Waals surface area contributed by atoms with Gasteiger partial charge in [0.15, 0.2) is 4.34 Å². The monoisotopic (exact) mass is 238 g/mol. The van der Waals surface area contributed by atoms with Gasteiger partial charge in [0.2, 0.25) is 0 Å². The molecule has 0 saturated heterocycles. The molecule has 0 aromatic carbocycles. The van der Waals surface area contributed by atoms with E-state index in [-0.39, 0.29) is 6.04 Å². The highest BCUT2D eigenvalue weighted by Crippen LogP contribution is 2.31. The molecule has 15 heavy (non-hydrogen) atoms. The van der Waals surface area contributed by atoms with Gasteiger partial charge in [-0.15, -0.1) is 10.2 Å². The highest BCUT2D eigenvalue weighted by molar-refractivity contribution is 8.01. The number of pyridine rings is 1. The Balaban J connectivity index is 2.28. The van der Waals surface area contributed by atoms with Gasteiger partial charge in [-0.3, -0.25) is 0 Å². The minimum absolute atomic E-state index is 0.0193. The van der Waals surface area contributed by atoms with Crippen LogP contribution in [0.1, 0.15) is 18.5 Å². The van der Waals surface area contributed by atoms with Crippen LogP contribution in [0.4, 0.5) is 0 Å². The van der Waals surface area contributed by atoms with Crippen molar-refractivity contribution in [1.29, 1.82) is 0 Å². The van der Waals surface area contributed by atoms with Crippen molar-refractivity contribution in [2.45, 2.75) is 22.3 Å².